The molecule has 2 amide bonds. The summed E-state index contributed by atoms with van der Waals surface area (Å²) in [6.07, 6.45) is 0. The standard InChI is InChI=1S/C24H23ClN2O5S/c1-30-20-13-12-19(21(31-2)22(20)32-3)24(29)27-26-23(28)16-6-4-15(5-7-16)14-33-18-10-8-17(25)9-11-18/h4-13H,14H2,1-3H3,(H,26,28)(H,27,29). The average molecular weight is 487 g/mol. The molecule has 0 unspecified atom stereocenters. The van der Waals surface area contributed by atoms with Gasteiger partial charge in [-0.3, -0.25) is 20.4 Å². The molecule has 3 rings (SSSR count). The van der Waals surface area contributed by atoms with Crippen molar-refractivity contribution in [1.82, 2.24) is 10.9 Å². The van der Waals surface area contributed by atoms with E-state index >= 15 is 0 Å². The highest BCUT2D eigenvalue weighted by Crippen LogP contribution is 2.39. The molecular weight excluding hydrogens is 464 g/mol. The van der Waals surface area contributed by atoms with E-state index in [-0.39, 0.29) is 17.1 Å². The lowest BCUT2D eigenvalue weighted by molar-refractivity contribution is 0.0844. The van der Waals surface area contributed by atoms with Crippen molar-refractivity contribution in [2.24, 2.45) is 0 Å². The Morgan fingerprint density at radius 1 is 0.788 bits per heavy atom. The molecule has 0 aliphatic heterocycles. The average Bonchev–Trinajstić information content (AvgIpc) is 2.85. The zero-order valence-corrected chi connectivity index (χ0v) is 19.9. The van der Waals surface area contributed by atoms with Crippen LogP contribution in [0.2, 0.25) is 5.02 Å². The van der Waals surface area contributed by atoms with Gasteiger partial charge in [-0.05, 0) is 54.1 Å². The van der Waals surface area contributed by atoms with Crippen molar-refractivity contribution in [3.05, 3.63) is 82.4 Å². The van der Waals surface area contributed by atoms with Gasteiger partial charge in [-0.25, -0.2) is 0 Å². The molecule has 7 nitrogen and oxygen atoms in total. The summed E-state index contributed by atoms with van der Waals surface area (Å²) >= 11 is 7.58. The third-order valence-corrected chi connectivity index (χ3v) is 6.01. The van der Waals surface area contributed by atoms with Crippen LogP contribution in [0.3, 0.4) is 0 Å². The molecule has 0 heterocycles. The van der Waals surface area contributed by atoms with Crippen LogP contribution in [0.25, 0.3) is 0 Å². The number of carbonyl (C=O) groups excluding carboxylic acids is 2. The van der Waals surface area contributed by atoms with Crippen LogP contribution in [0.4, 0.5) is 0 Å². The fourth-order valence-electron chi connectivity index (χ4n) is 2.98. The molecule has 9 heteroatoms. The van der Waals surface area contributed by atoms with Gasteiger partial charge in [0.2, 0.25) is 5.75 Å². The van der Waals surface area contributed by atoms with Crippen molar-refractivity contribution in [2.45, 2.75) is 10.6 Å². The van der Waals surface area contributed by atoms with Crippen molar-refractivity contribution < 1.29 is 23.8 Å². The van der Waals surface area contributed by atoms with Gasteiger partial charge in [0.25, 0.3) is 11.8 Å². The number of halogens is 1. The quantitative estimate of drug-likeness (QED) is 0.353. The van der Waals surface area contributed by atoms with Crippen molar-refractivity contribution in [2.75, 3.05) is 21.3 Å². The minimum absolute atomic E-state index is 0.185. The highest BCUT2D eigenvalue weighted by molar-refractivity contribution is 7.98. The number of carbonyl (C=O) groups is 2. The first-order valence-corrected chi connectivity index (χ1v) is 11.2. The van der Waals surface area contributed by atoms with Gasteiger partial charge in [-0.1, -0.05) is 23.7 Å². The van der Waals surface area contributed by atoms with Crippen LogP contribution in [0.1, 0.15) is 26.3 Å². The Morgan fingerprint density at radius 3 is 2.03 bits per heavy atom. The number of rotatable bonds is 8. The van der Waals surface area contributed by atoms with Gasteiger partial charge < -0.3 is 14.2 Å². The van der Waals surface area contributed by atoms with Crippen LogP contribution < -0.4 is 25.1 Å². The number of amides is 2. The molecule has 0 fully saturated rings. The Morgan fingerprint density at radius 2 is 1.42 bits per heavy atom. The Hall–Kier alpha value is -3.36. The summed E-state index contributed by atoms with van der Waals surface area (Å²) in [6.45, 7) is 0. The molecule has 0 atom stereocenters. The molecule has 0 spiro atoms. The summed E-state index contributed by atoms with van der Waals surface area (Å²) in [4.78, 5) is 26.2. The number of hydrazine groups is 1. The second-order valence-electron chi connectivity index (χ2n) is 6.73. The number of thioether (sulfide) groups is 1. The lowest BCUT2D eigenvalue weighted by atomic mass is 10.1. The molecule has 0 saturated carbocycles. The van der Waals surface area contributed by atoms with Gasteiger partial charge in [0.05, 0.1) is 26.9 Å². The molecule has 0 saturated heterocycles. The molecule has 3 aromatic carbocycles. The maximum atomic E-state index is 12.6. The van der Waals surface area contributed by atoms with Crippen molar-refractivity contribution >= 4 is 35.2 Å². The number of nitrogens with one attached hydrogen (secondary N) is 2. The molecule has 172 valence electrons. The van der Waals surface area contributed by atoms with Crippen molar-refractivity contribution in [1.29, 1.82) is 0 Å². The van der Waals surface area contributed by atoms with E-state index in [0.717, 1.165) is 16.2 Å². The van der Waals surface area contributed by atoms with Gasteiger partial charge in [0, 0.05) is 21.2 Å². The van der Waals surface area contributed by atoms with Crippen LogP contribution in [-0.4, -0.2) is 33.1 Å². The molecule has 0 aromatic heterocycles. The van der Waals surface area contributed by atoms with E-state index in [4.69, 9.17) is 25.8 Å². The minimum Gasteiger partial charge on any atom is -0.493 e. The molecular formula is C24H23ClN2O5S. The van der Waals surface area contributed by atoms with Crippen LogP contribution in [0.5, 0.6) is 17.2 Å². The fraction of sp³-hybridized carbons (Fsp3) is 0.167. The van der Waals surface area contributed by atoms with Crippen LogP contribution >= 0.6 is 23.4 Å². The van der Waals surface area contributed by atoms with E-state index in [9.17, 15) is 9.59 Å². The first kappa shape index (κ1) is 24.3. The number of hydrogen-bond acceptors (Lipinski definition) is 6. The predicted octanol–water partition coefficient (Wildman–Crippen LogP) is 4.73. The Balaban J connectivity index is 1.59. The summed E-state index contributed by atoms with van der Waals surface area (Å²) in [7, 11) is 4.35. The lowest BCUT2D eigenvalue weighted by Gasteiger charge is -2.15. The smallest absolute Gasteiger partial charge is 0.273 e. The first-order valence-electron chi connectivity index (χ1n) is 9.83. The first-order chi connectivity index (χ1) is 16.0. The predicted molar refractivity (Wildman–Crippen MR) is 128 cm³/mol. The monoisotopic (exact) mass is 486 g/mol. The minimum atomic E-state index is -0.558. The molecule has 0 aliphatic carbocycles. The summed E-state index contributed by atoms with van der Waals surface area (Å²) in [5, 5.41) is 0.700. The van der Waals surface area contributed by atoms with Crippen LogP contribution in [0, 0.1) is 0 Å². The van der Waals surface area contributed by atoms with Gasteiger partial charge >= 0.3 is 0 Å². The highest BCUT2D eigenvalue weighted by atomic mass is 35.5. The van der Waals surface area contributed by atoms with Crippen LogP contribution in [0.15, 0.2) is 65.6 Å². The van der Waals surface area contributed by atoms with Gasteiger partial charge in [-0.2, -0.15) is 0 Å². The van der Waals surface area contributed by atoms with Crippen molar-refractivity contribution in [3.8, 4) is 17.2 Å². The highest BCUT2D eigenvalue weighted by Gasteiger charge is 2.21. The van der Waals surface area contributed by atoms with Crippen molar-refractivity contribution in [3.63, 3.8) is 0 Å². The Labute approximate surface area is 201 Å². The van der Waals surface area contributed by atoms with E-state index in [1.165, 1.54) is 27.4 Å². The number of ether oxygens (including phenoxy) is 3. The Bertz CT molecular complexity index is 1120. The molecule has 3 aromatic rings. The summed E-state index contributed by atoms with van der Waals surface area (Å²) in [5.74, 6) is 0.651. The SMILES string of the molecule is COc1ccc(C(=O)NNC(=O)c2ccc(CSc3ccc(Cl)cc3)cc2)c(OC)c1OC. The molecule has 0 radical (unpaired) electrons. The zero-order valence-electron chi connectivity index (χ0n) is 18.3. The van der Waals surface area contributed by atoms with E-state index in [2.05, 4.69) is 10.9 Å². The van der Waals surface area contributed by atoms with Gasteiger partial charge in [0.1, 0.15) is 0 Å². The van der Waals surface area contributed by atoms with E-state index in [0.29, 0.717) is 16.3 Å². The number of benzene rings is 3. The maximum Gasteiger partial charge on any atom is 0.273 e. The Kier molecular flexibility index (Phi) is 8.46. The second kappa shape index (κ2) is 11.5. The molecule has 0 bridgehead atoms. The fourth-order valence-corrected chi connectivity index (χ4v) is 3.96. The topological polar surface area (TPSA) is 85.9 Å². The second-order valence-corrected chi connectivity index (χ2v) is 8.21. The third kappa shape index (κ3) is 6.12. The lowest BCUT2D eigenvalue weighted by Crippen LogP contribution is -2.41. The summed E-state index contributed by atoms with van der Waals surface area (Å²) in [6, 6.07) is 17.9. The van der Waals surface area contributed by atoms with Gasteiger partial charge in [-0.15, -0.1) is 11.8 Å². The zero-order chi connectivity index (χ0) is 23.8. The van der Waals surface area contributed by atoms with Gasteiger partial charge in [0.15, 0.2) is 11.5 Å². The molecule has 0 aliphatic rings. The summed E-state index contributed by atoms with van der Waals surface area (Å²) < 4.78 is 15.8. The van der Waals surface area contributed by atoms with E-state index < -0.39 is 11.8 Å². The largest absolute Gasteiger partial charge is 0.493 e. The van der Waals surface area contributed by atoms with Crippen LogP contribution in [-0.2, 0) is 5.75 Å². The summed E-state index contributed by atoms with van der Waals surface area (Å²) in [5.41, 5.74) is 6.47. The normalized spacial score (nSPS) is 10.3. The molecule has 33 heavy (non-hydrogen) atoms. The number of hydrogen-bond donors (Lipinski definition) is 2. The third-order valence-electron chi connectivity index (χ3n) is 4.67. The van der Waals surface area contributed by atoms with E-state index in [1.807, 2.05) is 36.4 Å². The maximum absolute atomic E-state index is 12.6. The molecule has 2 N–H and O–H groups in total. The number of methoxy groups -OCH3 is 3. The van der Waals surface area contributed by atoms with E-state index in [1.54, 1.807) is 30.0 Å².